The zero-order chi connectivity index (χ0) is 23.9. The number of nitrogens with one attached hydrogen (secondary N) is 1. The maximum absolute atomic E-state index is 4.78. The van der Waals surface area contributed by atoms with Crippen molar-refractivity contribution in [3.8, 4) is 0 Å². The Hall–Kier alpha value is 12.0. The van der Waals surface area contributed by atoms with Crippen molar-refractivity contribution in [3.05, 3.63) is 5.82 Å². The Kier molecular flexibility index (Phi) is 23.3. The first kappa shape index (κ1) is 39.2. The van der Waals surface area contributed by atoms with E-state index in [1.165, 1.54) is 5.82 Å². The van der Waals surface area contributed by atoms with Crippen molar-refractivity contribution in [2.24, 2.45) is 0 Å². The van der Waals surface area contributed by atoms with Crippen LogP contribution in [0.4, 0.5) is 5.95 Å². The number of hydrogen-bond donors (Lipinski definition) is 1. The van der Waals surface area contributed by atoms with E-state index in [-0.39, 0.29) is 13.3 Å². The number of hydrogen-bond acceptors (Lipinski definition) is 4. The Balaban J connectivity index is 3.17. The van der Waals surface area contributed by atoms with E-state index in [1.807, 2.05) is 0 Å². The van der Waals surface area contributed by atoms with Crippen molar-refractivity contribution in [2.45, 2.75) is 29.9 Å². The van der Waals surface area contributed by atoms with Gasteiger partial charge in [0.2, 0.25) is 0 Å². The average Bonchev–Trinajstić information content (AvgIpc) is 3.10. The van der Waals surface area contributed by atoms with E-state index >= 15 is 0 Å². The normalized spacial score (nSPS) is 27.0. The van der Waals surface area contributed by atoms with Crippen molar-refractivity contribution >= 4 is 255 Å². The zero-order valence-corrected chi connectivity index (χ0v) is 53.5. The summed E-state index contributed by atoms with van der Waals surface area (Å²) in [4.78, 5) is 0. The van der Waals surface area contributed by atoms with Crippen LogP contribution in [0.5, 0.6) is 0 Å². The van der Waals surface area contributed by atoms with Gasteiger partial charge in [-0.2, -0.15) is 0 Å². The van der Waals surface area contributed by atoms with Gasteiger partial charge >= 0.3 is 343 Å². The van der Waals surface area contributed by atoms with Crippen molar-refractivity contribution in [1.29, 1.82) is 0 Å². The monoisotopic (exact) mass is 2460 g/mol. The number of hydrazine groups is 1. The van der Waals surface area contributed by atoms with Gasteiger partial charge in [0.25, 0.3) is 0 Å². The van der Waals surface area contributed by atoms with E-state index in [1.54, 1.807) is 0 Å². The molecule has 31 heavy (non-hydrogen) atoms. The SMILES string of the molecule is Cc1nnc2n1C(I(I)I(I)I)(I(I)I(I)[I-]I)C(I(I)I)(I(I)[I-]I)N(C(C)C)N2. The molecule has 1 aliphatic rings. The molecule has 23 heteroatoms. The van der Waals surface area contributed by atoms with Crippen LogP contribution in [-0.2, 0) is 1.55 Å². The number of halogens is 18. The summed E-state index contributed by atoms with van der Waals surface area (Å²) in [7, 11) is -1.96. The number of aromatic nitrogens is 3. The van der Waals surface area contributed by atoms with Gasteiger partial charge in [-0.15, -0.1) is 0 Å². The third-order valence-corrected chi connectivity index (χ3v) is 431. The molecule has 196 valence electrons. The molecule has 2 unspecified atom stereocenters. The molecular weight excluding hydrogens is 2450 g/mol. The molecule has 5 nitrogen and oxygen atoms in total. The summed E-state index contributed by atoms with van der Waals surface area (Å²) in [5, 5.41) is 12.4. The fourth-order valence-corrected chi connectivity index (χ4v) is 521. The van der Waals surface area contributed by atoms with Gasteiger partial charge < -0.3 is 0 Å². The first-order valence-electron chi connectivity index (χ1n) is 6.93. The third-order valence-electron chi connectivity index (χ3n) is 3.54. The Morgan fingerprint density at radius 2 is 1.48 bits per heavy atom. The summed E-state index contributed by atoms with van der Waals surface area (Å²) in [5.74, 6) is 2.28. The van der Waals surface area contributed by atoms with Crippen molar-refractivity contribution < 1.29 is 26.5 Å². The first-order valence-corrected chi connectivity index (χ1v) is 99.2. The summed E-state index contributed by atoms with van der Waals surface area (Å²) in [6, 6.07) is 0.494. The molecule has 0 fully saturated rings. The molecule has 1 N–H and O–H groups in total. The van der Waals surface area contributed by atoms with Crippen LogP contribution in [0.1, 0.15) is 19.7 Å². The molecule has 0 bridgehead atoms. The molecule has 0 saturated heterocycles. The number of aryl methyl sites for hydroxylation is 1. The quantitative estimate of drug-likeness (QED) is 0.154. The van der Waals surface area contributed by atoms with Gasteiger partial charge in [-0.25, -0.2) is 0 Å². The Labute approximate surface area is 329 Å². The van der Waals surface area contributed by atoms with Crippen molar-refractivity contribution in [2.75, 3.05) is 5.43 Å². The number of alkyl halides is 4. The van der Waals surface area contributed by atoms with Crippen LogP contribution in [0.3, 0.4) is 0 Å². The minimum absolute atomic E-state index is 0.228. The van der Waals surface area contributed by atoms with Gasteiger partial charge in [-0.1, -0.05) is 0 Å². The van der Waals surface area contributed by atoms with E-state index in [2.05, 4.69) is 222 Å². The molecule has 0 amide bonds. The van der Waals surface area contributed by atoms with Crippen LogP contribution in [0.15, 0.2) is 0 Å². The summed E-state index contributed by atoms with van der Waals surface area (Å²) in [6.45, 7) is 7.12. The van der Waals surface area contributed by atoms with Gasteiger partial charge in [0.15, 0.2) is 0 Å². The van der Waals surface area contributed by atoms with E-state index < -0.39 is 63.3 Å². The third kappa shape index (κ3) is 8.31. The van der Waals surface area contributed by atoms with Crippen LogP contribution >= 0.6 is 249 Å². The fraction of sp³-hybridized carbons (Fsp3) is 0.750. The topological polar surface area (TPSA) is 46.0 Å². The molecule has 0 spiro atoms. The van der Waals surface area contributed by atoms with E-state index in [9.17, 15) is 0 Å². The summed E-state index contributed by atoms with van der Waals surface area (Å²) in [6.07, 6.45) is 0. The second kappa shape index (κ2) is 18.4. The molecular formula is C8H11I18N5-2. The summed E-state index contributed by atoms with van der Waals surface area (Å²) >= 11 is 25.3. The van der Waals surface area contributed by atoms with E-state index in [4.69, 9.17) is 10.2 Å². The zero-order valence-electron chi connectivity index (χ0n) is 14.7. The van der Waals surface area contributed by atoms with Crippen molar-refractivity contribution in [3.63, 3.8) is 0 Å². The molecule has 0 aromatic carbocycles. The van der Waals surface area contributed by atoms with Crippen LogP contribution in [-0.4, -0.2) is 27.4 Å². The molecule has 2 rings (SSSR count). The standard InChI is InChI=1S/C8H11I18N5/c1-4(2)31-7(21(11)12,22(13)19-9)8(23(14)25(16)17,24(15)26(18)20-10)30-5(3)27-28-6(30)29-31/h4H,1-3H3,(H,28,29)/q-2. The van der Waals surface area contributed by atoms with Gasteiger partial charge in [0.1, 0.15) is 0 Å². The number of rotatable bonds is 9. The van der Waals surface area contributed by atoms with Gasteiger partial charge in [-0.3, -0.25) is 0 Å². The molecule has 2 heterocycles. The maximum atomic E-state index is 4.78. The fourth-order valence-electron chi connectivity index (χ4n) is 2.57. The number of fused-ring (bicyclic) bond motifs is 1. The van der Waals surface area contributed by atoms with Crippen LogP contribution in [0.25, 0.3) is 0 Å². The summed E-state index contributed by atoms with van der Waals surface area (Å²) < 4.78 is 3.67. The van der Waals surface area contributed by atoms with E-state index in [0.717, 1.165) is 5.95 Å². The van der Waals surface area contributed by atoms with Gasteiger partial charge in [-0.05, 0) is 0 Å². The van der Waals surface area contributed by atoms with E-state index in [0.29, 0.717) is 22.4 Å². The van der Waals surface area contributed by atoms with Crippen LogP contribution in [0, 0.1) is 6.92 Å². The van der Waals surface area contributed by atoms with Crippen LogP contribution in [0.2, 0.25) is 0 Å². The molecule has 0 saturated carbocycles. The summed E-state index contributed by atoms with van der Waals surface area (Å²) in [5.41, 5.74) is 3.94. The van der Waals surface area contributed by atoms with Crippen molar-refractivity contribution in [1.82, 2.24) is 19.8 Å². The number of anilines is 1. The average molecular weight is 2460 g/mol. The molecule has 1 aliphatic heterocycles. The number of nitrogens with zero attached hydrogens (tertiary/aromatic N) is 4. The second-order valence-electron chi connectivity index (χ2n) is 5.28. The van der Waals surface area contributed by atoms with Gasteiger partial charge in [0, 0.05) is 0 Å². The van der Waals surface area contributed by atoms with Crippen LogP contribution < -0.4 is 31.9 Å². The first-order chi connectivity index (χ1) is 14.4. The molecule has 0 radical (unpaired) electrons. The molecule has 0 aliphatic carbocycles. The second-order valence-corrected chi connectivity index (χ2v) is 236. The molecule has 2 atom stereocenters. The predicted octanol–water partition coefficient (Wildman–Crippen LogP) is 8.28. The molecule has 1 aromatic rings. The minimum atomic E-state index is -1.35. The van der Waals surface area contributed by atoms with Gasteiger partial charge in [0.05, 0.1) is 0 Å². The predicted molar refractivity (Wildman–Crippen MR) is 270 cm³/mol. The molecule has 1 aromatic heterocycles. The Morgan fingerprint density at radius 1 is 0.903 bits per heavy atom. The Bertz CT molecular complexity index is 747. The Morgan fingerprint density at radius 3 is 1.90 bits per heavy atom.